The molecule has 0 aliphatic rings. The summed E-state index contributed by atoms with van der Waals surface area (Å²) in [4.78, 5) is 22.8. The van der Waals surface area contributed by atoms with E-state index in [1.165, 1.54) is 12.1 Å². The monoisotopic (exact) mass is 324 g/mol. The zero-order valence-corrected chi connectivity index (χ0v) is 13.1. The highest BCUT2D eigenvalue weighted by molar-refractivity contribution is 5.96. The maximum absolute atomic E-state index is 12.3. The molecule has 24 heavy (non-hydrogen) atoms. The van der Waals surface area contributed by atoms with E-state index >= 15 is 0 Å². The molecule has 3 rings (SSSR count). The van der Waals surface area contributed by atoms with Gasteiger partial charge < -0.3 is 9.30 Å². The molecule has 0 amide bonds. The van der Waals surface area contributed by atoms with Crippen LogP contribution in [0, 0.1) is 10.1 Å². The summed E-state index contributed by atoms with van der Waals surface area (Å²) in [6.07, 6.45) is 0. The van der Waals surface area contributed by atoms with Gasteiger partial charge in [-0.3, -0.25) is 10.1 Å². The number of hydrogen-bond donors (Lipinski definition) is 0. The van der Waals surface area contributed by atoms with Crippen molar-refractivity contribution >= 4 is 22.6 Å². The predicted octanol–water partition coefficient (Wildman–Crippen LogP) is 3.77. The van der Waals surface area contributed by atoms with Crippen molar-refractivity contribution in [3.8, 4) is 0 Å². The molecule has 0 N–H and O–H groups in total. The number of hydrogen-bond acceptors (Lipinski definition) is 4. The van der Waals surface area contributed by atoms with Gasteiger partial charge in [0.25, 0.3) is 5.69 Å². The van der Waals surface area contributed by atoms with E-state index in [0.717, 1.165) is 11.1 Å². The minimum Gasteiger partial charge on any atom is -0.461 e. The van der Waals surface area contributed by atoms with Crippen molar-refractivity contribution in [1.82, 2.24) is 4.57 Å². The number of benzene rings is 2. The van der Waals surface area contributed by atoms with Gasteiger partial charge in [0.05, 0.1) is 11.5 Å². The number of carbonyl (C=O) groups is 1. The van der Waals surface area contributed by atoms with E-state index in [1.54, 1.807) is 19.1 Å². The average molecular weight is 324 g/mol. The topological polar surface area (TPSA) is 74.4 Å². The fourth-order valence-electron chi connectivity index (χ4n) is 2.68. The Hall–Kier alpha value is -3.15. The summed E-state index contributed by atoms with van der Waals surface area (Å²) < 4.78 is 6.95. The Labute approximate surface area is 138 Å². The molecular weight excluding hydrogens is 308 g/mol. The molecule has 0 saturated carbocycles. The molecule has 0 aliphatic heterocycles. The summed E-state index contributed by atoms with van der Waals surface area (Å²) in [6, 6.07) is 15.9. The number of carbonyl (C=O) groups excluding carboxylic acids is 1. The third kappa shape index (κ3) is 2.99. The van der Waals surface area contributed by atoms with E-state index in [1.807, 2.05) is 34.9 Å². The minimum absolute atomic E-state index is 0.00484. The zero-order valence-electron chi connectivity index (χ0n) is 13.1. The van der Waals surface area contributed by atoms with Crippen LogP contribution in [-0.2, 0) is 11.3 Å². The van der Waals surface area contributed by atoms with Crippen molar-refractivity contribution in [3.05, 3.63) is 76.0 Å². The molecular formula is C18H16N2O4. The normalized spacial score (nSPS) is 10.7. The number of aromatic nitrogens is 1. The number of nitro groups is 1. The first-order chi connectivity index (χ1) is 11.6. The van der Waals surface area contributed by atoms with Gasteiger partial charge in [-0.1, -0.05) is 30.3 Å². The van der Waals surface area contributed by atoms with Crippen molar-refractivity contribution < 1.29 is 14.5 Å². The highest BCUT2D eigenvalue weighted by atomic mass is 16.6. The Morgan fingerprint density at radius 2 is 1.92 bits per heavy atom. The number of ether oxygens (including phenoxy) is 1. The molecule has 122 valence electrons. The highest BCUT2D eigenvalue weighted by Gasteiger charge is 2.18. The van der Waals surface area contributed by atoms with E-state index in [0.29, 0.717) is 17.6 Å². The van der Waals surface area contributed by atoms with Crippen LogP contribution in [0.5, 0.6) is 0 Å². The fraction of sp³-hybridized carbons (Fsp3) is 0.167. The number of fused-ring (bicyclic) bond motifs is 1. The van der Waals surface area contributed by atoms with Crippen LogP contribution in [0.2, 0.25) is 0 Å². The Morgan fingerprint density at radius 1 is 1.17 bits per heavy atom. The molecule has 3 aromatic rings. The molecule has 0 radical (unpaired) electrons. The lowest BCUT2D eigenvalue weighted by molar-refractivity contribution is -0.384. The highest BCUT2D eigenvalue weighted by Crippen LogP contribution is 2.26. The van der Waals surface area contributed by atoms with Gasteiger partial charge in [-0.2, -0.15) is 0 Å². The van der Waals surface area contributed by atoms with Crippen molar-refractivity contribution in [1.29, 1.82) is 0 Å². The number of nitro benzene ring substituents is 1. The van der Waals surface area contributed by atoms with Crippen LogP contribution >= 0.6 is 0 Å². The molecule has 2 aromatic carbocycles. The summed E-state index contributed by atoms with van der Waals surface area (Å²) in [5, 5.41) is 11.6. The van der Waals surface area contributed by atoms with Gasteiger partial charge in [0, 0.05) is 29.6 Å². The lowest BCUT2D eigenvalue weighted by atomic mass is 10.2. The van der Waals surface area contributed by atoms with E-state index in [2.05, 4.69) is 0 Å². The molecule has 0 unspecified atom stereocenters. The van der Waals surface area contributed by atoms with E-state index < -0.39 is 10.9 Å². The van der Waals surface area contributed by atoms with Crippen LogP contribution < -0.4 is 0 Å². The number of non-ortho nitro benzene ring substituents is 1. The molecule has 1 aromatic heterocycles. The quantitative estimate of drug-likeness (QED) is 0.407. The van der Waals surface area contributed by atoms with Crippen molar-refractivity contribution in [2.24, 2.45) is 0 Å². The Morgan fingerprint density at radius 3 is 2.58 bits per heavy atom. The van der Waals surface area contributed by atoms with Crippen molar-refractivity contribution in [3.63, 3.8) is 0 Å². The van der Waals surface area contributed by atoms with Crippen LogP contribution in [0.4, 0.5) is 5.69 Å². The molecule has 0 saturated heterocycles. The van der Waals surface area contributed by atoms with Crippen molar-refractivity contribution in [2.45, 2.75) is 13.5 Å². The Kier molecular flexibility index (Phi) is 4.29. The Bertz CT molecular complexity index is 900. The molecule has 0 fully saturated rings. The SMILES string of the molecule is CCOC(=O)c1cc2cc([N+](=O)[O-])ccc2n1Cc1ccccc1. The summed E-state index contributed by atoms with van der Waals surface area (Å²) in [5.74, 6) is -0.438. The second-order valence-corrected chi connectivity index (χ2v) is 5.32. The maximum Gasteiger partial charge on any atom is 0.354 e. The maximum atomic E-state index is 12.3. The largest absolute Gasteiger partial charge is 0.461 e. The van der Waals surface area contributed by atoms with Crippen LogP contribution in [-0.4, -0.2) is 22.1 Å². The van der Waals surface area contributed by atoms with Gasteiger partial charge in [-0.05, 0) is 24.6 Å². The first-order valence-electron chi connectivity index (χ1n) is 7.59. The molecule has 0 bridgehead atoms. The Balaban J connectivity index is 2.13. The third-order valence-corrected chi connectivity index (χ3v) is 3.76. The minimum atomic E-state index is -0.446. The van der Waals surface area contributed by atoms with Gasteiger partial charge in [-0.25, -0.2) is 4.79 Å². The molecule has 6 heteroatoms. The smallest absolute Gasteiger partial charge is 0.354 e. The second kappa shape index (κ2) is 6.54. The third-order valence-electron chi connectivity index (χ3n) is 3.76. The van der Waals surface area contributed by atoms with Crippen LogP contribution in [0.1, 0.15) is 23.0 Å². The first kappa shape index (κ1) is 15.7. The summed E-state index contributed by atoms with van der Waals surface area (Å²) in [6.45, 7) is 2.50. The molecule has 0 aliphatic carbocycles. The molecule has 0 spiro atoms. The first-order valence-corrected chi connectivity index (χ1v) is 7.59. The zero-order chi connectivity index (χ0) is 17.1. The van der Waals surface area contributed by atoms with Gasteiger partial charge >= 0.3 is 5.97 Å². The van der Waals surface area contributed by atoms with Crippen LogP contribution in [0.25, 0.3) is 10.9 Å². The number of nitrogens with zero attached hydrogens (tertiary/aromatic N) is 2. The number of rotatable bonds is 5. The number of esters is 1. The van der Waals surface area contributed by atoms with Crippen LogP contribution in [0.3, 0.4) is 0 Å². The van der Waals surface area contributed by atoms with E-state index in [4.69, 9.17) is 4.74 Å². The standard InChI is InChI=1S/C18H16N2O4/c1-2-24-18(21)17-11-14-10-15(20(22)23)8-9-16(14)19(17)12-13-6-4-3-5-7-13/h3-11H,2,12H2,1H3. The summed E-state index contributed by atoms with van der Waals surface area (Å²) in [7, 11) is 0. The average Bonchev–Trinajstić information content (AvgIpc) is 2.94. The lowest BCUT2D eigenvalue weighted by Crippen LogP contribution is -2.12. The van der Waals surface area contributed by atoms with Gasteiger partial charge in [0.1, 0.15) is 5.69 Å². The molecule has 1 heterocycles. The summed E-state index contributed by atoms with van der Waals surface area (Å²) in [5.41, 5.74) is 2.16. The second-order valence-electron chi connectivity index (χ2n) is 5.32. The van der Waals surface area contributed by atoms with Crippen LogP contribution in [0.15, 0.2) is 54.6 Å². The van der Waals surface area contributed by atoms with Gasteiger partial charge in [-0.15, -0.1) is 0 Å². The van der Waals surface area contributed by atoms with Gasteiger partial charge in [0.2, 0.25) is 0 Å². The lowest BCUT2D eigenvalue weighted by Gasteiger charge is -2.10. The van der Waals surface area contributed by atoms with Gasteiger partial charge in [0.15, 0.2) is 0 Å². The summed E-state index contributed by atoms with van der Waals surface area (Å²) >= 11 is 0. The van der Waals surface area contributed by atoms with Crippen molar-refractivity contribution in [2.75, 3.05) is 6.61 Å². The van der Waals surface area contributed by atoms with E-state index in [-0.39, 0.29) is 12.3 Å². The predicted molar refractivity (Wildman–Crippen MR) is 90.1 cm³/mol. The molecule has 0 atom stereocenters. The molecule has 6 nitrogen and oxygen atoms in total. The van der Waals surface area contributed by atoms with E-state index in [9.17, 15) is 14.9 Å². The fourth-order valence-corrected chi connectivity index (χ4v) is 2.68.